The monoisotopic (exact) mass is 422 g/mol. The van der Waals surface area contributed by atoms with Crippen LogP contribution in [0.25, 0.3) is 16.5 Å². The van der Waals surface area contributed by atoms with Crippen molar-refractivity contribution >= 4 is 34.9 Å². The van der Waals surface area contributed by atoms with Gasteiger partial charge in [0.2, 0.25) is 11.8 Å². The van der Waals surface area contributed by atoms with Gasteiger partial charge in [-0.15, -0.1) is 11.3 Å². The van der Waals surface area contributed by atoms with Crippen molar-refractivity contribution in [2.75, 3.05) is 18.9 Å². The van der Waals surface area contributed by atoms with Gasteiger partial charge in [0.1, 0.15) is 5.82 Å². The zero-order valence-electron chi connectivity index (χ0n) is 17.1. The molecular weight excluding hydrogens is 399 g/mol. The molecule has 3 rings (SSSR count). The molecule has 0 saturated heterocycles. The van der Waals surface area contributed by atoms with Crippen LogP contribution >= 0.6 is 11.3 Å². The number of anilines is 1. The molecule has 4 nitrogen and oxygen atoms in total. The van der Waals surface area contributed by atoms with Crippen LogP contribution in [-0.2, 0) is 9.59 Å². The lowest BCUT2D eigenvalue weighted by atomic mass is 10.1. The number of nitrogens with zero attached hydrogens (tertiary/aromatic N) is 1. The summed E-state index contributed by atoms with van der Waals surface area (Å²) in [5, 5.41) is 2.87. The lowest BCUT2D eigenvalue weighted by Gasteiger charge is -2.16. The van der Waals surface area contributed by atoms with E-state index in [2.05, 4.69) is 5.32 Å². The van der Waals surface area contributed by atoms with Gasteiger partial charge >= 0.3 is 0 Å². The molecule has 30 heavy (non-hydrogen) atoms. The minimum Gasteiger partial charge on any atom is -0.333 e. The number of carbonyl (C=O) groups is 2. The second-order valence-corrected chi connectivity index (χ2v) is 8.14. The normalized spacial score (nSPS) is 10.9. The van der Waals surface area contributed by atoms with E-state index in [4.69, 9.17) is 0 Å². The maximum Gasteiger partial charge on any atom is 0.246 e. The van der Waals surface area contributed by atoms with Gasteiger partial charge in [-0.2, -0.15) is 0 Å². The number of amides is 2. The Morgan fingerprint density at radius 1 is 1.03 bits per heavy atom. The van der Waals surface area contributed by atoms with E-state index in [1.165, 1.54) is 28.4 Å². The van der Waals surface area contributed by atoms with Crippen LogP contribution in [0, 0.1) is 19.7 Å². The zero-order valence-corrected chi connectivity index (χ0v) is 17.9. The highest BCUT2D eigenvalue weighted by molar-refractivity contribution is 7.16. The van der Waals surface area contributed by atoms with Gasteiger partial charge in [-0.05, 0) is 49.2 Å². The van der Waals surface area contributed by atoms with Crippen LogP contribution in [-0.4, -0.2) is 30.3 Å². The summed E-state index contributed by atoms with van der Waals surface area (Å²) in [5.41, 5.74) is 3.26. The van der Waals surface area contributed by atoms with Crippen LogP contribution in [0.4, 0.5) is 10.1 Å². The van der Waals surface area contributed by atoms with Gasteiger partial charge in [0.15, 0.2) is 0 Å². The van der Waals surface area contributed by atoms with Gasteiger partial charge in [-0.25, -0.2) is 4.39 Å². The molecule has 0 aliphatic rings. The molecule has 2 amide bonds. The maximum atomic E-state index is 13.9. The number of aryl methyl sites for hydroxylation is 2. The Bertz CT molecular complexity index is 1080. The fourth-order valence-electron chi connectivity index (χ4n) is 3.01. The van der Waals surface area contributed by atoms with Gasteiger partial charge in [-0.1, -0.05) is 36.4 Å². The molecule has 0 saturated carbocycles. The van der Waals surface area contributed by atoms with Crippen LogP contribution in [0.1, 0.15) is 16.0 Å². The number of rotatable bonds is 6. The molecule has 0 radical (unpaired) electrons. The number of halogens is 1. The molecule has 2 aromatic carbocycles. The van der Waals surface area contributed by atoms with Crippen LogP contribution in [0.2, 0.25) is 0 Å². The average Bonchev–Trinajstić information content (AvgIpc) is 3.18. The highest BCUT2D eigenvalue weighted by atomic mass is 32.1. The molecule has 0 aliphatic heterocycles. The largest absolute Gasteiger partial charge is 0.333 e. The van der Waals surface area contributed by atoms with Crippen molar-refractivity contribution < 1.29 is 14.0 Å². The highest BCUT2D eigenvalue weighted by Crippen LogP contribution is 2.30. The number of nitrogens with one attached hydrogen (secondary N) is 1. The number of hydrogen-bond acceptors (Lipinski definition) is 3. The van der Waals surface area contributed by atoms with E-state index in [-0.39, 0.29) is 24.2 Å². The topological polar surface area (TPSA) is 49.4 Å². The molecule has 0 spiro atoms. The summed E-state index contributed by atoms with van der Waals surface area (Å²) in [6.45, 7) is 3.80. The van der Waals surface area contributed by atoms with Gasteiger partial charge in [0.25, 0.3) is 0 Å². The summed E-state index contributed by atoms with van der Waals surface area (Å²) >= 11 is 1.40. The third kappa shape index (κ3) is 5.21. The minimum atomic E-state index is -0.285. The van der Waals surface area contributed by atoms with E-state index < -0.39 is 0 Å². The summed E-state index contributed by atoms with van der Waals surface area (Å²) in [4.78, 5) is 27.7. The molecule has 0 aliphatic carbocycles. The Balaban J connectivity index is 1.60. The van der Waals surface area contributed by atoms with Crippen molar-refractivity contribution in [1.29, 1.82) is 0 Å². The number of thiophene rings is 1. The lowest BCUT2D eigenvalue weighted by Crippen LogP contribution is -2.34. The second kappa shape index (κ2) is 9.50. The summed E-state index contributed by atoms with van der Waals surface area (Å²) in [5.74, 6) is -0.817. The molecule has 154 valence electrons. The molecule has 0 fully saturated rings. The Morgan fingerprint density at radius 2 is 1.73 bits per heavy atom. The van der Waals surface area contributed by atoms with Crippen LogP contribution in [0.3, 0.4) is 0 Å². The molecule has 6 heteroatoms. The summed E-state index contributed by atoms with van der Waals surface area (Å²) in [7, 11) is 1.58. The minimum absolute atomic E-state index is 0.0537. The SMILES string of the molecule is Cc1cccc(C)c1NC(=O)CN(C)C(=O)/C=C/c1ccc(-c2ccccc2F)s1. The molecule has 3 aromatic rings. The number of carbonyl (C=O) groups excluding carboxylic acids is 2. The van der Waals surface area contributed by atoms with Crippen LogP contribution in [0.15, 0.2) is 60.7 Å². The molecular formula is C24H23FN2O2S. The van der Waals surface area contributed by atoms with Crippen molar-refractivity contribution in [3.8, 4) is 10.4 Å². The number of para-hydroxylation sites is 1. The van der Waals surface area contributed by atoms with E-state index in [9.17, 15) is 14.0 Å². The van der Waals surface area contributed by atoms with Gasteiger partial charge < -0.3 is 10.2 Å². The molecule has 1 N–H and O–H groups in total. The third-order valence-electron chi connectivity index (χ3n) is 4.66. The standard InChI is InChI=1S/C24H23FN2O2S/c1-16-7-6-8-17(2)24(16)26-22(28)15-27(3)23(29)14-12-18-11-13-21(30-18)19-9-4-5-10-20(19)25/h4-14H,15H2,1-3H3,(H,26,28)/b14-12+. The van der Waals surface area contributed by atoms with Crippen molar-refractivity contribution in [1.82, 2.24) is 4.90 Å². The van der Waals surface area contributed by atoms with Crippen molar-refractivity contribution in [3.63, 3.8) is 0 Å². The summed E-state index contributed by atoms with van der Waals surface area (Å²) in [6.07, 6.45) is 3.10. The van der Waals surface area contributed by atoms with Crippen LogP contribution < -0.4 is 5.32 Å². The first-order chi connectivity index (χ1) is 14.3. The van der Waals surface area contributed by atoms with E-state index in [1.54, 1.807) is 31.3 Å². The van der Waals surface area contributed by atoms with Gasteiger partial charge in [0, 0.05) is 34.1 Å². The van der Waals surface area contributed by atoms with Crippen molar-refractivity contribution in [2.24, 2.45) is 0 Å². The molecule has 1 heterocycles. The Labute approximate surface area is 179 Å². The average molecular weight is 423 g/mol. The quantitative estimate of drug-likeness (QED) is 0.550. The Morgan fingerprint density at radius 3 is 2.43 bits per heavy atom. The summed E-state index contributed by atoms with van der Waals surface area (Å²) < 4.78 is 13.9. The van der Waals surface area contributed by atoms with Gasteiger partial charge in [0.05, 0.1) is 6.54 Å². The predicted molar refractivity (Wildman–Crippen MR) is 121 cm³/mol. The Hall–Kier alpha value is -3.25. The number of likely N-dealkylation sites (N-methyl/N-ethyl adjacent to an activating group) is 1. The van der Waals surface area contributed by atoms with Crippen molar-refractivity contribution in [3.05, 3.63) is 82.5 Å². The first-order valence-corrected chi connectivity index (χ1v) is 10.3. The smallest absolute Gasteiger partial charge is 0.246 e. The van der Waals surface area contributed by atoms with E-state index in [0.29, 0.717) is 5.56 Å². The first-order valence-electron chi connectivity index (χ1n) is 9.49. The molecule has 0 bridgehead atoms. The fourth-order valence-corrected chi connectivity index (χ4v) is 3.95. The second-order valence-electron chi connectivity index (χ2n) is 7.02. The van der Waals surface area contributed by atoms with Crippen LogP contribution in [0.5, 0.6) is 0 Å². The predicted octanol–water partition coefficient (Wildman–Crippen LogP) is 5.28. The molecule has 1 aromatic heterocycles. The molecule has 0 unspecified atom stereocenters. The molecule has 0 atom stereocenters. The summed E-state index contributed by atoms with van der Waals surface area (Å²) in [6, 6.07) is 16.0. The van der Waals surface area contributed by atoms with E-state index in [1.807, 2.05) is 44.2 Å². The zero-order chi connectivity index (χ0) is 21.7. The first kappa shape index (κ1) is 21.5. The lowest BCUT2D eigenvalue weighted by molar-refractivity contribution is -0.129. The number of hydrogen-bond donors (Lipinski definition) is 1. The fraction of sp³-hybridized carbons (Fsp3) is 0.167. The van der Waals surface area contributed by atoms with E-state index in [0.717, 1.165) is 26.6 Å². The third-order valence-corrected chi connectivity index (χ3v) is 5.74. The van der Waals surface area contributed by atoms with Crippen molar-refractivity contribution in [2.45, 2.75) is 13.8 Å². The highest BCUT2D eigenvalue weighted by Gasteiger charge is 2.13. The van der Waals surface area contributed by atoms with Gasteiger partial charge in [-0.3, -0.25) is 9.59 Å². The number of benzene rings is 2. The van der Waals surface area contributed by atoms with E-state index >= 15 is 0 Å². The maximum absolute atomic E-state index is 13.9. The Kier molecular flexibility index (Phi) is 6.79.